The molecule has 10 heteroatoms. The highest BCUT2D eigenvalue weighted by atomic mass is 35.5. The highest BCUT2D eigenvalue weighted by Crippen LogP contribution is 2.32. The number of carbonyl (C=O) groups excluding carboxylic acids is 1. The molecule has 0 spiro atoms. The van der Waals surface area contributed by atoms with Gasteiger partial charge in [-0.05, 0) is 19.1 Å². The number of hydrogen-bond acceptors (Lipinski definition) is 5. The van der Waals surface area contributed by atoms with Gasteiger partial charge < -0.3 is 15.4 Å². The molecule has 0 saturated carbocycles. The van der Waals surface area contributed by atoms with E-state index < -0.39 is 22.0 Å². The number of ether oxygens (including phenoxy) is 1. The summed E-state index contributed by atoms with van der Waals surface area (Å²) in [6, 6.07) is 2.13. The average molecular weight is 386 g/mol. The minimum atomic E-state index is -3.93. The van der Waals surface area contributed by atoms with Crippen molar-refractivity contribution in [2.75, 3.05) is 27.7 Å². The van der Waals surface area contributed by atoms with Crippen molar-refractivity contribution in [1.82, 2.24) is 9.62 Å². The number of nitrogens with zero attached hydrogens (tertiary/aromatic N) is 1. The molecule has 132 valence electrons. The van der Waals surface area contributed by atoms with E-state index in [0.717, 1.165) is 0 Å². The first-order valence-corrected chi connectivity index (χ1v) is 8.31. The maximum atomic E-state index is 12.4. The number of nitrogens with one attached hydrogen (secondary N) is 1. The smallest absolute Gasteiger partial charge is 0.257 e. The van der Waals surface area contributed by atoms with Crippen LogP contribution in [0.15, 0.2) is 17.0 Å². The number of nitrogens with two attached hydrogens (primary N) is 1. The van der Waals surface area contributed by atoms with Crippen molar-refractivity contribution in [3.63, 3.8) is 0 Å². The van der Waals surface area contributed by atoms with Crippen LogP contribution in [0, 0.1) is 0 Å². The predicted molar refractivity (Wildman–Crippen MR) is 92.1 cm³/mol. The molecule has 3 N–H and O–H groups in total. The zero-order chi connectivity index (χ0) is 17.1. The van der Waals surface area contributed by atoms with Crippen LogP contribution in [0.3, 0.4) is 0 Å². The third-order valence-electron chi connectivity index (χ3n) is 2.86. The molecule has 0 aromatic heterocycles. The Morgan fingerprint density at radius 1 is 1.43 bits per heavy atom. The Bertz CT molecular complexity index is 665. The van der Waals surface area contributed by atoms with E-state index in [2.05, 4.69) is 4.72 Å². The maximum Gasteiger partial charge on any atom is 0.257 e. The van der Waals surface area contributed by atoms with Crippen molar-refractivity contribution < 1.29 is 17.9 Å². The number of hydrogen-bond donors (Lipinski definition) is 2. The molecule has 0 aliphatic heterocycles. The van der Waals surface area contributed by atoms with E-state index in [1.165, 1.54) is 24.1 Å². The zero-order valence-electron chi connectivity index (χ0n) is 13.3. The van der Waals surface area contributed by atoms with Crippen molar-refractivity contribution in [2.24, 2.45) is 5.73 Å². The van der Waals surface area contributed by atoms with Gasteiger partial charge in [-0.2, -0.15) is 0 Å². The fourth-order valence-electron chi connectivity index (χ4n) is 1.75. The number of amides is 1. The van der Waals surface area contributed by atoms with Crippen LogP contribution in [-0.2, 0) is 10.0 Å². The first kappa shape index (κ1) is 21.9. The van der Waals surface area contributed by atoms with Crippen LogP contribution in [-0.4, -0.2) is 53.0 Å². The van der Waals surface area contributed by atoms with Crippen LogP contribution in [0.2, 0.25) is 5.02 Å². The Morgan fingerprint density at radius 3 is 2.43 bits per heavy atom. The summed E-state index contributed by atoms with van der Waals surface area (Å²) in [5, 5.41) is 0.117. The van der Waals surface area contributed by atoms with Crippen molar-refractivity contribution >= 4 is 39.9 Å². The summed E-state index contributed by atoms with van der Waals surface area (Å²) in [5.41, 5.74) is 5.50. The van der Waals surface area contributed by atoms with Gasteiger partial charge in [-0.25, -0.2) is 13.1 Å². The van der Waals surface area contributed by atoms with E-state index in [1.807, 2.05) is 0 Å². The molecule has 0 unspecified atom stereocenters. The topological polar surface area (TPSA) is 102 Å². The Labute approximate surface area is 147 Å². The highest BCUT2D eigenvalue weighted by Gasteiger charge is 2.27. The van der Waals surface area contributed by atoms with Crippen molar-refractivity contribution in [1.29, 1.82) is 0 Å². The molecule has 0 aliphatic rings. The number of rotatable bonds is 6. The van der Waals surface area contributed by atoms with Crippen LogP contribution < -0.4 is 15.2 Å². The summed E-state index contributed by atoms with van der Waals surface area (Å²) in [6.45, 7) is 1.76. The highest BCUT2D eigenvalue weighted by molar-refractivity contribution is 7.89. The van der Waals surface area contributed by atoms with E-state index in [4.69, 9.17) is 22.1 Å². The number of methoxy groups -OCH3 is 1. The molecule has 23 heavy (non-hydrogen) atoms. The first-order chi connectivity index (χ1) is 10.1. The van der Waals surface area contributed by atoms with Crippen LogP contribution in [0.4, 0.5) is 0 Å². The van der Waals surface area contributed by atoms with E-state index in [-0.39, 0.29) is 40.2 Å². The molecular weight excluding hydrogens is 365 g/mol. The van der Waals surface area contributed by atoms with E-state index in [0.29, 0.717) is 0 Å². The summed E-state index contributed by atoms with van der Waals surface area (Å²) >= 11 is 5.96. The van der Waals surface area contributed by atoms with Gasteiger partial charge in [0.2, 0.25) is 10.0 Å². The van der Waals surface area contributed by atoms with Crippen molar-refractivity contribution in [2.45, 2.75) is 17.9 Å². The Hall–Kier alpha value is -1.06. The Kier molecular flexibility index (Phi) is 8.30. The van der Waals surface area contributed by atoms with Crippen molar-refractivity contribution in [3.8, 4) is 5.75 Å². The lowest BCUT2D eigenvalue weighted by Gasteiger charge is -2.18. The van der Waals surface area contributed by atoms with Gasteiger partial charge in [-0.3, -0.25) is 4.79 Å². The summed E-state index contributed by atoms with van der Waals surface area (Å²) < 4.78 is 32.4. The quantitative estimate of drug-likeness (QED) is 0.762. The molecule has 1 rings (SSSR count). The van der Waals surface area contributed by atoms with Crippen molar-refractivity contribution in [3.05, 3.63) is 22.7 Å². The number of carbonyl (C=O) groups is 1. The van der Waals surface area contributed by atoms with Gasteiger partial charge in [0, 0.05) is 31.7 Å². The third-order valence-corrected chi connectivity index (χ3v) is 4.67. The third kappa shape index (κ3) is 5.22. The number of benzene rings is 1. The second-order valence-electron chi connectivity index (χ2n) is 4.94. The fourth-order valence-corrected chi connectivity index (χ4v) is 3.51. The SMILES string of the molecule is COc1c(C(=O)N(C)C)cc(Cl)cc1S(=O)(=O)N[C@H](C)CN.Cl. The number of sulfonamides is 1. The lowest BCUT2D eigenvalue weighted by Crippen LogP contribution is -2.38. The molecule has 7 nitrogen and oxygen atoms in total. The van der Waals surface area contributed by atoms with Gasteiger partial charge in [-0.15, -0.1) is 12.4 Å². The molecule has 0 aliphatic carbocycles. The van der Waals surface area contributed by atoms with Gasteiger partial charge >= 0.3 is 0 Å². The number of halogens is 2. The molecule has 0 radical (unpaired) electrons. The van der Waals surface area contributed by atoms with Crippen LogP contribution in [0.1, 0.15) is 17.3 Å². The molecule has 0 saturated heterocycles. The van der Waals surface area contributed by atoms with E-state index >= 15 is 0 Å². The molecule has 0 heterocycles. The molecule has 1 amide bonds. The van der Waals surface area contributed by atoms with E-state index in [1.54, 1.807) is 21.0 Å². The first-order valence-electron chi connectivity index (χ1n) is 6.45. The second kappa shape index (κ2) is 8.70. The molecule has 0 bridgehead atoms. The van der Waals surface area contributed by atoms with E-state index in [9.17, 15) is 13.2 Å². The Morgan fingerprint density at radius 2 is 2.00 bits per heavy atom. The van der Waals surface area contributed by atoms with Crippen LogP contribution in [0.5, 0.6) is 5.75 Å². The summed E-state index contributed by atoms with van der Waals surface area (Å²) in [6.07, 6.45) is 0. The fraction of sp³-hybridized carbons (Fsp3) is 0.462. The van der Waals surface area contributed by atoms with Gasteiger partial charge in [0.25, 0.3) is 5.91 Å². The van der Waals surface area contributed by atoms with Gasteiger partial charge in [0.05, 0.1) is 12.7 Å². The molecule has 1 aromatic carbocycles. The van der Waals surface area contributed by atoms with Gasteiger partial charge in [0.1, 0.15) is 4.90 Å². The van der Waals surface area contributed by atoms with Gasteiger partial charge in [-0.1, -0.05) is 11.6 Å². The lowest BCUT2D eigenvalue weighted by atomic mass is 10.2. The lowest BCUT2D eigenvalue weighted by molar-refractivity contribution is 0.0824. The van der Waals surface area contributed by atoms with Crippen LogP contribution >= 0.6 is 24.0 Å². The zero-order valence-corrected chi connectivity index (χ0v) is 15.7. The molecule has 1 aromatic rings. The normalized spacial score (nSPS) is 12.3. The standard InChI is InChI=1S/C13H20ClN3O4S.ClH/c1-8(7-15)16-22(19,20)11-6-9(14)5-10(12(11)21-4)13(18)17(2)3;/h5-6,8,16H,7,15H2,1-4H3;1H/t8-;/m1./s1. The minimum Gasteiger partial charge on any atom is -0.494 e. The molecular formula is C13H21Cl2N3O4S. The predicted octanol–water partition coefficient (Wildman–Crippen LogP) is 1.10. The summed E-state index contributed by atoms with van der Waals surface area (Å²) in [5.74, 6) is -0.470. The largest absolute Gasteiger partial charge is 0.494 e. The summed E-state index contributed by atoms with van der Waals surface area (Å²) in [4.78, 5) is 13.3. The Balaban J connectivity index is 0.00000484. The minimum absolute atomic E-state index is 0. The van der Waals surface area contributed by atoms with Crippen LogP contribution in [0.25, 0.3) is 0 Å². The summed E-state index contributed by atoms with van der Waals surface area (Å²) in [7, 11) is 0.458. The molecule has 0 fully saturated rings. The second-order valence-corrected chi connectivity index (χ2v) is 7.06. The average Bonchev–Trinajstić information content (AvgIpc) is 2.44. The molecule has 1 atom stereocenters. The monoisotopic (exact) mass is 385 g/mol. The van der Waals surface area contributed by atoms with Gasteiger partial charge in [0.15, 0.2) is 5.75 Å². The maximum absolute atomic E-state index is 12.4.